The highest BCUT2D eigenvalue weighted by Crippen LogP contribution is 2.26. The van der Waals surface area contributed by atoms with E-state index in [1.165, 1.54) is 0 Å². The zero-order valence-corrected chi connectivity index (χ0v) is 13.0. The maximum Gasteiger partial charge on any atom is 0.219 e. The fourth-order valence-electron chi connectivity index (χ4n) is 2.59. The Balaban J connectivity index is 2.19. The lowest BCUT2D eigenvalue weighted by Gasteiger charge is -2.11. The minimum Gasteiger partial charge on any atom is -0.352 e. The molecule has 6 nitrogen and oxygen atoms in total. The Morgan fingerprint density at radius 3 is 2.70 bits per heavy atom. The van der Waals surface area contributed by atoms with Crippen LogP contribution in [0.25, 0.3) is 0 Å². The van der Waals surface area contributed by atoms with E-state index in [4.69, 9.17) is 0 Å². The van der Waals surface area contributed by atoms with Crippen molar-refractivity contribution in [3.63, 3.8) is 0 Å². The van der Waals surface area contributed by atoms with Gasteiger partial charge in [0.1, 0.15) is 0 Å². The number of rotatable bonds is 4. The molecule has 1 aliphatic heterocycles. The quantitative estimate of drug-likeness (QED) is 0.895. The van der Waals surface area contributed by atoms with Crippen molar-refractivity contribution >= 4 is 15.7 Å². The van der Waals surface area contributed by atoms with E-state index in [9.17, 15) is 13.2 Å². The molecule has 0 saturated carbocycles. The standard InChI is InChI=1S/C13H21N3O3S/c1-4-13(17)14-7-12-9(2)15-16(10(12)3)11-5-6-20(18,19)8-11/h11H,4-8H2,1-3H3,(H,14,17)/t11-/m0/s1. The second kappa shape index (κ2) is 5.55. The van der Waals surface area contributed by atoms with Crippen LogP contribution in [0.3, 0.4) is 0 Å². The molecule has 7 heteroatoms. The van der Waals surface area contributed by atoms with Gasteiger partial charge in [-0.15, -0.1) is 0 Å². The van der Waals surface area contributed by atoms with E-state index in [1.807, 2.05) is 25.5 Å². The van der Waals surface area contributed by atoms with Crippen molar-refractivity contribution in [3.8, 4) is 0 Å². The highest BCUT2D eigenvalue weighted by molar-refractivity contribution is 7.91. The lowest BCUT2D eigenvalue weighted by Crippen LogP contribution is -2.22. The number of carbonyl (C=O) groups excluding carboxylic acids is 1. The molecular weight excluding hydrogens is 278 g/mol. The summed E-state index contributed by atoms with van der Waals surface area (Å²) in [5.41, 5.74) is 2.78. The molecular formula is C13H21N3O3S. The maximum atomic E-state index is 11.6. The Labute approximate surface area is 119 Å². The summed E-state index contributed by atoms with van der Waals surface area (Å²) in [6, 6.07) is -0.0747. The number of nitrogens with one attached hydrogen (secondary N) is 1. The summed E-state index contributed by atoms with van der Waals surface area (Å²) in [6.07, 6.45) is 1.07. The highest BCUT2D eigenvalue weighted by Gasteiger charge is 2.31. The van der Waals surface area contributed by atoms with Crippen LogP contribution in [0.4, 0.5) is 0 Å². The van der Waals surface area contributed by atoms with Crippen LogP contribution in [0.2, 0.25) is 0 Å². The van der Waals surface area contributed by atoms with Gasteiger partial charge < -0.3 is 5.32 Å². The van der Waals surface area contributed by atoms with Gasteiger partial charge in [0.2, 0.25) is 5.91 Å². The third kappa shape index (κ3) is 3.03. The van der Waals surface area contributed by atoms with Crippen molar-refractivity contribution in [1.82, 2.24) is 15.1 Å². The van der Waals surface area contributed by atoms with Crippen LogP contribution in [0.1, 0.15) is 42.8 Å². The lowest BCUT2D eigenvalue weighted by atomic mass is 10.2. The topological polar surface area (TPSA) is 81.1 Å². The molecule has 0 spiro atoms. The molecule has 0 radical (unpaired) electrons. The number of sulfone groups is 1. The summed E-state index contributed by atoms with van der Waals surface area (Å²) in [7, 11) is -2.92. The first-order valence-corrected chi connectivity index (χ1v) is 8.68. The second-order valence-electron chi connectivity index (χ2n) is 5.28. The summed E-state index contributed by atoms with van der Waals surface area (Å²) >= 11 is 0. The first kappa shape index (κ1) is 15.0. The Kier molecular flexibility index (Phi) is 4.17. The van der Waals surface area contributed by atoms with Crippen molar-refractivity contribution in [2.45, 2.75) is 46.2 Å². The average Bonchev–Trinajstić information content (AvgIpc) is 2.87. The molecule has 1 aromatic heterocycles. The SMILES string of the molecule is CCC(=O)NCc1c(C)nn([C@H]2CCS(=O)(=O)C2)c1C. The predicted octanol–water partition coefficient (Wildman–Crippen LogP) is 0.886. The molecule has 2 rings (SSSR count). The molecule has 1 amide bonds. The Morgan fingerprint density at radius 2 is 2.15 bits per heavy atom. The number of hydrogen-bond acceptors (Lipinski definition) is 4. The zero-order chi connectivity index (χ0) is 14.9. The molecule has 20 heavy (non-hydrogen) atoms. The summed E-state index contributed by atoms with van der Waals surface area (Å²) in [5.74, 6) is 0.396. The van der Waals surface area contributed by atoms with Crippen LogP contribution >= 0.6 is 0 Å². The predicted molar refractivity (Wildman–Crippen MR) is 76.1 cm³/mol. The Morgan fingerprint density at radius 1 is 1.45 bits per heavy atom. The van der Waals surface area contributed by atoms with Gasteiger partial charge in [0.15, 0.2) is 9.84 Å². The Bertz CT molecular complexity index is 619. The van der Waals surface area contributed by atoms with Gasteiger partial charge in [-0.3, -0.25) is 9.48 Å². The molecule has 0 unspecified atom stereocenters. The Hall–Kier alpha value is -1.37. The van der Waals surface area contributed by atoms with Gasteiger partial charge in [0.25, 0.3) is 0 Å². The molecule has 2 heterocycles. The van der Waals surface area contributed by atoms with Crippen LogP contribution in [0.15, 0.2) is 0 Å². The van der Waals surface area contributed by atoms with E-state index >= 15 is 0 Å². The molecule has 1 fully saturated rings. The van der Waals surface area contributed by atoms with Crippen molar-refractivity contribution in [2.75, 3.05) is 11.5 Å². The monoisotopic (exact) mass is 299 g/mol. The molecule has 1 N–H and O–H groups in total. The summed E-state index contributed by atoms with van der Waals surface area (Å²) in [4.78, 5) is 11.3. The average molecular weight is 299 g/mol. The van der Waals surface area contributed by atoms with Crippen LogP contribution in [-0.4, -0.2) is 35.6 Å². The van der Waals surface area contributed by atoms with E-state index in [1.54, 1.807) is 0 Å². The van der Waals surface area contributed by atoms with Crippen LogP contribution in [0, 0.1) is 13.8 Å². The van der Waals surface area contributed by atoms with E-state index < -0.39 is 9.84 Å². The first-order valence-electron chi connectivity index (χ1n) is 6.85. The smallest absolute Gasteiger partial charge is 0.219 e. The van der Waals surface area contributed by atoms with Crippen molar-refractivity contribution in [1.29, 1.82) is 0 Å². The molecule has 112 valence electrons. The molecule has 1 aromatic rings. The summed E-state index contributed by atoms with van der Waals surface area (Å²) in [6.45, 7) is 6.07. The minimum atomic E-state index is -2.92. The lowest BCUT2D eigenvalue weighted by molar-refractivity contribution is -0.120. The van der Waals surface area contributed by atoms with E-state index in [-0.39, 0.29) is 23.5 Å². The third-order valence-electron chi connectivity index (χ3n) is 3.81. The summed E-state index contributed by atoms with van der Waals surface area (Å²) in [5, 5.41) is 7.30. The zero-order valence-electron chi connectivity index (χ0n) is 12.1. The van der Waals surface area contributed by atoms with Crippen molar-refractivity contribution in [2.24, 2.45) is 0 Å². The maximum absolute atomic E-state index is 11.6. The van der Waals surface area contributed by atoms with E-state index in [2.05, 4.69) is 10.4 Å². The highest BCUT2D eigenvalue weighted by atomic mass is 32.2. The van der Waals surface area contributed by atoms with Crippen molar-refractivity contribution < 1.29 is 13.2 Å². The van der Waals surface area contributed by atoms with Gasteiger partial charge in [-0.1, -0.05) is 6.92 Å². The molecule has 1 aliphatic rings. The normalized spacial score (nSPS) is 21.1. The van der Waals surface area contributed by atoms with Gasteiger partial charge in [-0.25, -0.2) is 8.42 Å². The number of aryl methyl sites for hydroxylation is 1. The van der Waals surface area contributed by atoms with Gasteiger partial charge in [0.05, 0.1) is 23.2 Å². The fourth-order valence-corrected chi connectivity index (χ4v) is 4.28. The number of nitrogens with zero attached hydrogens (tertiary/aromatic N) is 2. The number of aromatic nitrogens is 2. The van der Waals surface area contributed by atoms with Gasteiger partial charge in [0, 0.05) is 24.2 Å². The fraction of sp³-hybridized carbons (Fsp3) is 0.692. The largest absolute Gasteiger partial charge is 0.352 e. The number of carbonyl (C=O) groups is 1. The number of hydrogen-bond donors (Lipinski definition) is 1. The molecule has 1 saturated heterocycles. The molecule has 0 aliphatic carbocycles. The molecule has 1 atom stereocenters. The van der Waals surface area contributed by atoms with Gasteiger partial charge in [-0.05, 0) is 20.3 Å². The van der Waals surface area contributed by atoms with Crippen LogP contribution < -0.4 is 5.32 Å². The van der Waals surface area contributed by atoms with E-state index in [0.29, 0.717) is 19.4 Å². The van der Waals surface area contributed by atoms with Crippen LogP contribution in [0.5, 0.6) is 0 Å². The van der Waals surface area contributed by atoms with Gasteiger partial charge >= 0.3 is 0 Å². The summed E-state index contributed by atoms with van der Waals surface area (Å²) < 4.78 is 25.0. The second-order valence-corrected chi connectivity index (χ2v) is 7.51. The van der Waals surface area contributed by atoms with Gasteiger partial charge in [-0.2, -0.15) is 5.10 Å². The van der Waals surface area contributed by atoms with E-state index in [0.717, 1.165) is 17.0 Å². The first-order chi connectivity index (χ1) is 9.34. The minimum absolute atomic E-state index is 0.00000541. The third-order valence-corrected chi connectivity index (χ3v) is 5.56. The molecule has 0 bridgehead atoms. The molecule has 0 aromatic carbocycles. The number of amides is 1. The van der Waals surface area contributed by atoms with Crippen molar-refractivity contribution in [3.05, 3.63) is 17.0 Å². The van der Waals surface area contributed by atoms with Crippen LogP contribution in [-0.2, 0) is 21.2 Å².